The average molecular weight is 521 g/mol. The maximum atomic E-state index is 5.21. The van der Waals surface area contributed by atoms with Crippen LogP contribution in [0.3, 0.4) is 0 Å². The molecule has 126 valence electrons. The van der Waals surface area contributed by atoms with Gasteiger partial charge in [-0.1, -0.05) is 40.3 Å². The van der Waals surface area contributed by atoms with E-state index in [9.17, 15) is 0 Å². The van der Waals surface area contributed by atoms with E-state index in [0.29, 0.717) is 6.61 Å². The van der Waals surface area contributed by atoms with Crippen molar-refractivity contribution in [3.63, 3.8) is 0 Å². The second kappa shape index (κ2) is 11.7. The van der Waals surface area contributed by atoms with Crippen LogP contribution in [0.15, 0.2) is 51.2 Å². The molecule has 24 heavy (non-hydrogen) atoms. The van der Waals surface area contributed by atoms with Crippen LogP contribution >= 0.6 is 24.8 Å². The van der Waals surface area contributed by atoms with E-state index in [4.69, 9.17) is 4.74 Å². The van der Waals surface area contributed by atoms with Crippen molar-refractivity contribution >= 4 is 30.9 Å². The molecule has 1 aromatic rings. The summed E-state index contributed by atoms with van der Waals surface area (Å²) in [6.07, 6.45) is 10.5. The Balaban J connectivity index is 0.000000376. The van der Waals surface area contributed by atoms with Crippen LogP contribution in [-0.2, 0) is 33.8 Å². The molecule has 6 heteroatoms. The van der Waals surface area contributed by atoms with Gasteiger partial charge in [0.05, 0.1) is 0 Å². The predicted molar refractivity (Wildman–Crippen MR) is 92.5 cm³/mol. The third-order valence-corrected chi connectivity index (χ3v) is 4.16. The topological polar surface area (TPSA) is 9.23 Å². The second-order valence-corrected chi connectivity index (χ2v) is 6.02. The molecule has 0 saturated carbocycles. The second-order valence-electron chi connectivity index (χ2n) is 5.16. The number of halogens is 3. The number of hydrogen-bond donors (Lipinski definition) is 0. The van der Waals surface area contributed by atoms with E-state index in [1.54, 1.807) is 0 Å². The van der Waals surface area contributed by atoms with Crippen molar-refractivity contribution in [1.82, 2.24) is 0 Å². The molecule has 1 aliphatic heterocycles. The molecule has 0 amide bonds. The van der Waals surface area contributed by atoms with Crippen LogP contribution in [0.25, 0.3) is 6.08 Å². The number of ether oxygens (including phenoxy) is 1. The van der Waals surface area contributed by atoms with Gasteiger partial charge in [0.15, 0.2) is 0 Å². The fraction of sp³-hybridized carbons (Fsp3) is 0.222. The zero-order chi connectivity index (χ0) is 16.1. The summed E-state index contributed by atoms with van der Waals surface area (Å²) in [7, 11) is 4.17. The maximum absolute atomic E-state index is 5.21. The fourth-order valence-corrected chi connectivity index (χ4v) is 2.97. The first-order valence-electron chi connectivity index (χ1n) is 6.84. The summed E-state index contributed by atoms with van der Waals surface area (Å²) in [6, 6.07) is 7.22. The molecule has 0 aromatic heterocycles. The normalized spacial score (nSPS) is 15.2. The Labute approximate surface area is 183 Å². The van der Waals surface area contributed by atoms with Crippen LogP contribution in [0.2, 0.25) is 0 Å². The molecule has 0 radical (unpaired) electrons. The van der Waals surface area contributed by atoms with E-state index in [-0.39, 0.29) is 24.8 Å². The van der Waals surface area contributed by atoms with Gasteiger partial charge in [-0.3, -0.25) is 0 Å². The SMILES string of the molecule is CC1=CC2=[C-]COC2=C1.CC1=Cc2[c-]ccc(Br)c2C1.[Cl-].[Cl-].[S]=[Zr+2]. The molecule has 2 aliphatic carbocycles. The molecule has 3 aliphatic rings. The first-order chi connectivity index (χ1) is 10.6. The summed E-state index contributed by atoms with van der Waals surface area (Å²) in [5, 5.41) is 0. The Hall–Kier alpha value is 0.143. The van der Waals surface area contributed by atoms with Crippen LogP contribution in [0, 0.1) is 12.1 Å². The van der Waals surface area contributed by atoms with E-state index in [0.717, 1.165) is 40.4 Å². The summed E-state index contributed by atoms with van der Waals surface area (Å²) in [6.45, 7) is 4.84. The van der Waals surface area contributed by atoms with E-state index >= 15 is 0 Å². The molecule has 0 fully saturated rings. The van der Waals surface area contributed by atoms with Crippen LogP contribution in [-0.4, -0.2) is 6.61 Å². The fourth-order valence-electron chi connectivity index (χ4n) is 2.48. The van der Waals surface area contributed by atoms with Gasteiger partial charge in [-0.15, -0.1) is 46.5 Å². The van der Waals surface area contributed by atoms with Crippen molar-refractivity contribution in [1.29, 1.82) is 0 Å². The monoisotopic (exact) mass is 518 g/mol. The van der Waals surface area contributed by atoms with E-state index < -0.39 is 0 Å². The Kier molecular flexibility index (Phi) is 11.8. The average Bonchev–Trinajstić information content (AvgIpc) is 3.16. The van der Waals surface area contributed by atoms with Crippen molar-refractivity contribution in [2.75, 3.05) is 6.61 Å². The summed E-state index contributed by atoms with van der Waals surface area (Å²) in [5.74, 6) is 0.993. The van der Waals surface area contributed by atoms with E-state index in [2.05, 4.69) is 62.9 Å². The number of rotatable bonds is 0. The van der Waals surface area contributed by atoms with Crippen molar-refractivity contribution in [2.24, 2.45) is 0 Å². The van der Waals surface area contributed by atoms with Crippen LogP contribution in [0.5, 0.6) is 0 Å². The van der Waals surface area contributed by atoms with Gasteiger partial charge in [-0.2, -0.15) is 17.7 Å². The van der Waals surface area contributed by atoms with Crippen molar-refractivity contribution in [3.8, 4) is 0 Å². The standard InChI is InChI=1S/C10H8Br.C8H7O.2ClH.S.Zr/c1-7-5-8-3-2-4-10(11)9(8)6-7;1-6-4-7-2-3-9-8(7)5-6;;;;/h2,4-5H,6H2,1H3;4-5H,3H2,1H3;2*1H;;/q2*-1;;;;+2/p-2. The molecular formula is C18H15BrCl2OSZr-2. The zero-order valence-corrected chi connectivity index (χ0v) is 19.6. The van der Waals surface area contributed by atoms with Crippen LogP contribution in [0.1, 0.15) is 25.0 Å². The van der Waals surface area contributed by atoms with Gasteiger partial charge in [0.1, 0.15) is 0 Å². The molecule has 1 nitrogen and oxygen atoms in total. The summed E-state index contributed by atoms with van der Waals surface area (Å²) >= 11 is 4.65. The van der Waals surface area contributed by atoms with Crippen molar-refractivity contribution in [3.05, 3.63) is 74.5 Å². The molecule has 0 unspecified atom stereocenters. The van der Waals surface area contributed by atoms with Gasteiger partial charge in [0, 0.05) is 12.4 Å². The Bertz CT molecular complexity index is 711. The third-order valence-electron chi connectivity index (χ3n) is 3.41. The van der Waals surface area contributed by atoms with Crippen molar-refractivity contribution in [2.45, 2.75) is 20.3 Å². The predicted octanol–water partition coefficient (Wildman–Crippen LogP) is -0.548. The minimum absolute atomic E-state index is 0. The molecule has 0 bridgehead atoms. The summed E-state index contributed by atoms with van der Waals surface area (Å²) in [5.41, 5.74) is 6.43. The Morgan fingerprint density at radius 2 is 1.88 bits per heavy atom. The molecule has 0 spiro atoms. The van der Waals surface area contributed by atoms with Crippen LogP contribution in [0.4, 0.5) is 0 Å². The molecule has 0 atom stereocenters. The van der Waals surface area contributed by atoms with Gasteiger partial charge >= 0.3 is 31.5 Å². The van der Waals surface area contributed by atoms with Crippen LogP contribution < -0.4 is 24.8 Å². The van der Waals surface area contributed by atoms with Gasteiger partial charge in [0.25, 0.3) is 0 Å². The van der Waals surface area contributed by atoms with Crippen molar-refractivity contribution < 1.29 is 52.2 Å². The zero-order valence-electron chi connectivity index (χ0n) is 13.3. The van der Waals surface area contributed by atoms with E-state index in [1.165, 1.54) is 26.7 Å². The first-order valence-corrected chi connectivity index (χ1v) is 11.1. The molecule has 4 rings (SSSR count). The summed E-state index contributed by atoms with van der Waals surface area (Å²) < 4.78 is 6.42. The minimum atomic E-state index is 0. The van der Waals surface area contributed by atoms with Gasteiger partial charge in [-0.05, 0) is 6.42 Å². The molecule has 1 aromatic carbocycles. The number of allylic oxidation sites excluding steroid dienone is 4. The van der Waals surface area contributed by atoms with E-state index in [1.807, 2.05) is 18.2 Å². The quantitative estimate of drug-likeness (QED) is 0.425. The Morgan fingerprint density at radius 1 is 1.17 bits per heavy atom. The van der Waals surface area contributed by atoms with Gasteiger partial charge in [-0.25, -0.2) is 0 Å². The molecule has 0 N–H and O–H groups in total. The molecule has 0 saturated heterocycles. The first kappa shape index (κ1) is 24.1. The van der Waals surface area contributed by atoms with Gasteiger partial charge < -0.3 is 29.6 Å². The number of benzene rings is 1. The van der Waals surface area contributed by atoms with Gasteiger partial charge in [0.2, 0.25) is 0 Å². The number of hydrogen-bond acceptors (Lipinski definition) is 2. The summed E-state index contributed by atoms with van der Waals surface area (Å²) in [4.78, 5) is 0. The molecule has 1 heterocycles. The third kappa shape index (κ3) is 6.14. The Morgan fingerprint density at radius 3 is 2.50 bits per heavy atom. The molecular weight excluding hydrogens is 506 g/mol. The number of fused-ring (bicyclic) bond motifs is 2.